The highest BCUT2D eigenvalue weighted by atomic mass is 19.1. The minimum absolute atomic E-state index is 0.203. The maximum absolute atomic E-state index is 14.7. The molecule has 3 heterocycles. The first-order valence-electron chi connectivity index (χ1n) is 7.87. The molecule has 21 heavy (non-hydrogen) atoms. The van der Waals surface area contributed by atoms with E-state index in [1.807, 2.05) is 6.07 Å². The number of fused-ring (bicyclic) bond motifs is 5. The van der Waals surface area contributed by atoms with Crippen LogP contribution in [0.1, 0.15) is 30.0 Å². The highest BCUT2D eigenvalue weighted by molar-refractivity contribution is 5.87. The summed E-state index contributed by atoms with van der Waals surface area (Å²) in [5.41, 5.74) is 3.42. The summed E-state index contributed by atoms with van der Waals surface area (Å²) in [4.78, 5) is 6.16. The zero-order valence-corrected chi connectivity index (χ0v) is 12.2. The van der Waals surface area contributed by atoms with E-state index in [0.717, 1.165) is 29.8 Å². The van der Waals surface area contributed by atoms with Crippen LogP contribution in [0.2, 0.25) is 0 Å². The van der Waals surface area contributed by atoms with Crippen molar-refractivity contribution in [2.24, 2.45) is 5.92 Å². The predicted molar refractivity (Wildman–Crippen MR) is 79.3 cm³/mol. The molecule has 0 spiro atoms. The van der Waals surface area contributed by atoms with Gasteiger partial charge in [-0.3, -0.25) is 4.90 Å². The molecule has 0 unspecified atom stereocenters. The Hall–Kier alpha value is -1.55. The number of benzene rings is 1. The first-order chi connectivity index (χ1) is 10.3. The SMILES string of the molecule is COc1ccc2[nH]c3c(c2c1F)CCN1C[C@@H]2C[C@@H]3[C@@H]1C2. The van der Waals surface area contributed by atoms with Crippen molar-refractivity contribution in [1.29, 1.82) is 0 Å². The van der Waals surface area contributed by atoms with Crippen LogP contribution < -0.4 is 4.74 Å². The molecule has 3 nitrogen and oxygen atoms in total. The molecular weight excluding hydrogens is 267 g/mol. The molecule has 3 aliphatic rings. The van der Waals surface area contributed by atoms with Crippen molar-refractivity contribution in [2.75, 3.05) is 20.2 Å². The van der Waals surface area contributed by atoms with Crippen LogP contribution in [-0.4, -0.2) is 36.1 Å². The summed E-state index contributed by atoms with van der Waals surface area (Å²) in [5, 5.41) is 0.760. The highest BCUT2D eigenvalue weighted by Crippen LogP contribution is 2.50. The lowest BCUT2D eigenvalue weighted by Gasteiger charge is -2.30. The van der Waals surface area contributed by atoms with Gasteiger partial charge in [-0.05, 0) is 42.9 Å². The first kappa shape index (κ1) is 12.0. The van der Waals surface area contributed by atoms with E-state index < -0.39 is 0 Å². The molecule has 5 rings (SSSR count). The number of methoxy groups -OCH3 is 1. The second-order valence-corrected chi connectivity index (χ2v) is 6.78. The lowest BCUT2D eigenvalue weighted by Crippen LogP contribution is -2.36. The van der Waals surface area contributed by atoms with E-state index in [0.29, 0.717) is 17.7 Å². The monoisotopic (exact) mass is 286 g/mol. The van der Waals surface area contributed by atoms with E-state index >= 15 is 0 Å². The molecule has 1 aromatic heterocycles. The third-order valence-corrected chi connectivity index (χ3v) is 5.83. The Bertz CT molecular complexity index is 738. The third kappa shape index (κ3) is 1.46. The standard InChI is InChI=1S/C17H19FN2O/c1-21-14-3-2-12-15(16(14)18)10-4-5-20-8-9-6-11(13(20)7-9)17(10)19-12/h2-3,9,11,13,19H,4-8H2,1H3/t9-,11-,13+/m1/s1. The van der Waals surface area contributed by atoms with Gasteiger partial charge in [0.1, 0.15) is 0 Å². The van der Waals surface area contributed by atoms with Gasteiger partial charge in [0.15, 0.2) is 11.6 Å². The Labute approximate surface area is 123 Å². The Balaban J connectivity index is 1.75. The fourth-order valence-electron chi connectivity index (χ4n) is 5.01. The number of hydrogen-bond donors (Lipinski definition) is 1. The molecule has 3 atom stereocenters. The molecule has 0 amide bonds. The maximum Gasteiger partial charge on any atom is 0.174 e. The summed E-state index contributed by atoms with van der Waals surface area (Å²) in [6.07, 6.45) is 3.53. The summed E-state index contributed by atoms with van der Waals surface area (Å²) >= 11 is 0. The van der Waals surface area contributed by atoms with Gasteiger partial charge in [0.2, 0.25) is 0 Å². The summed E-state index contributed by atoms with van der Waals surface area (Å²) in [6, 6.07) is 4.35. The largest absolute Gasteiger partial charge is 0.494 e. The first-order valence-corrected chi connectivity index (χ1v) is 7.87. The van der Waals surface area contributed by atoms with Crippen molar-refractivity contribution in [3.8, 4) is 5.75 Å². The van der Waals surface area contributed by atoms with Gasteiger partial charge in [0.25, 0.3) is 0 Å². The van der Waals surface area contributed by atoms with Gasteiger partial charge in [-0.1, -0.05) is 0 Å². The zero-order chi connectivity index (χ0) is 14.1. The molecule has 1 saturated carbocycles. The van der Waals surface area contributed by atoms with E-state index in [9.17, 15) is 4.39 Å². The highest BCUT2D eigenvalue weighted by Gasteiger charge is 2.48. The molecule has 2 fully saturated rings. The number of nitrogens with zero attached hydrogens (tertiary/aromatic N) is 1. The lowest BCUT2D eigenvalue weighted by atomic mass is 9.93. The number of aromatic nitrogens is 1. The van der Waals surface area contributed by atoms with Crippen LogP contribution in [0, 0.1) is 11.7 Å². The topological polar surface area (TPSA) is 28.3 Å². The Morgan fingerprint density at radius 3 is 3.05 bits per heavy atom. The molecule has 4 heteroatoms. The number of ether oxygens (including phenoxy) is 1. The smallest absolute Gasteiger partial charge is 0.174 e. The van der Waals surface area contributed by atoms with Crippen LogP contribution in [0.5, 0.6) is 5.75 Å². The molecule has 2 aliphatic heterocycles. The van der Waals surface area contributed by atoms with Crippen molar-refractivity contribution in [3.05, 3.63) is 29.2 Å². The van der Waals surface area contributed by atoms with Gasteiger partial charge in [0.05, 0.1) is 7.11 Å². The molecule has 2 aromatic rings. The van der Waals surface area contributed by atoms with Crippen LogP contribution in [0.3, 0.4) is 0 Å². The van der Waals surface area contributed by atoms with Crippen molar-refractivity contribution in [1.82, 2.24) is 9.88 Å². The maximum atomic E-state index is 14.7. The van der Waals surface area contributed by atoms with Crippen molar-refractivity contribution in [3.63, 3.8) is 0 Å². The van der Waals surface area contributed by atoms with Gasteiger partial charge in [-0.2, -0.15) is 0 Å². The molecule has 110 valence electrons. The summed E-state index contributed by atoms with van der Waals surface area (Å²) < 4.78 is 19.9. The summed E-state index contributed by atoms with van der Waals surface area (Å²) in [6.45, 7) is 2.31. The van der Waals surface area contributed by atoms with E-state index in [1.54, 1.807) is 6.07 Å². The van der Waals surface area contributed by atoms with Crippen molar-refractivity contribution < 1.29 is 9.13 Å². The average molecular weight is 286 g/mol. The second-order valence-electron chi connectivity index (χ2n) is 6.78. The average Bonchev–Trinajstić information content (AvgIpc) is 3.16. The number of aromatic amines is 1. The molecular formula is C17H19FN2O. The van der Waals surface area contributed by atoms with E-state index in [-0.39, 0.29) is 5.82 Å². The summed E-state index contributed by atoms with van der Waals surface area (Å²) in [7, 11) is 1.53. The fourth-order valence-corrected chi connectivity index (χ4v) is 5.01. The molecule has 1 N–H and O–H groups in total. The number of rotatable bonds is 1. The van der Waals surface area contributed by atoms with Gasteiger partial charge in [-0.25, -0.2) is 4.39 Å². The zero-order valence-electron chi connectivity index (χ0n) is 12.2. The second kappa shape index (κ2) is 4.01. The predicted octanol–water partition coefficient (Wildman–Crippen LogP) is 3.05. The van der Waals surface area contributed by atoms with Crippen LogP contribution in [-0.2, 0) is 6.42 Å². The molecule has 0 radical (unpaired) electrons. The minimum Gasteiger partial charge on any atom is -0.494 e. The van der Waals surface area contributed by atoms with Gasteiger partial charge in [-0.15, -0.1) is 0 Å². The molecule has 2 bridgehead atoms. The number of piperidine rings is 1. The van der Waals surface area contributed by atoms with Crippen LogP contribution in [0.4, 0.5) is 4.39 Å². The fraction of sp³-hybridized carbons (Fsp3) is 0.529. The Morgan fingerprint density at radius 2 is 2.24 bits per heavy atom. The number of hydrogen-bond acceptors (Lipinski definition) is 2. The minimum atomic E-state index is -0.203. The Kier molecular flexibility index (Phi) is 2.30. The number of nitrogens with one attached hydrogen (secondary N) is 1. The van der Waals surface area contributed by atoms with Crippen LogP contribution in [0.25, 0.3) is 10.9 Å². The molecule has 1 aliphatic carbocycles. The van der Waals surface area contributed by atoms with Gasteiger partial charge in [0, 0.05) is 41.6 Å². The van der Waals surface area contributed by atoms with Crippen molar-refractivity contribution in [2.45, 2.75) is 31.2 Å². The third-order valence-electron chi connectivity index (χ3n) is 5.83. The van der Waals surface area contributed by atoms with Gasteiger partial charge >= 0.3 is 0 Å². The number of H-pyrrole nitrogens is 1. The Morgan fingerprint density at radius 1 is 1.33 bits per heavy atom. The van der Waals surface area contributed by atoms with E-state index in [1.165, 1.54) is 37.8 Å². The quantitative estimate of drug-likeness (QED) is 0.872. The molecule has 1 saturated heterocycles. The van der Waals surface area contributed by atoms with Gasteiger partial charge < -0.3 is 9.72 Å². The lowest BCUT2D eigenvalue weighted by molar-refractivity contribution is 0.201. The van der Waals surface area contributed by atoms with E-state index in [4.69, 9.17) is 4.74 Å². The molecule has 1 aromatic carbocycles. The van der Waals surface area contributed by atoms with Crippen molar-refractivity contribution >= 4 is 10.9 Å². The normalized spacial score (nSPS) is 30.7. The summed E-state index contributed by atoms with van der Waals surface area (Å²) in [5.74, 6) is 1.56. The number of halogens is 1. The van der Waals surface area contributed by atoms with Crippen LogP contribution >= 0.6 is 0 Å². The van der Waals surface area contributed by atoms with E-state index in [2.05, 4.69) is 9.88 Å². The van der Waals surface area contributed by atoms with Crippen LogP contribution in [0.15, 0.2) is 12.1 Å².